The minimum atomic E-state index is 0.614. The van der Waals surface area contributed by atoms with E-state index in [1.165, 1.54) is 0 Å². The first-order valence-corrected chi connectivity index (χ1v) is 8.58. The molecule has 4 heteroatoms. The Morgan fingerprint density at radius 1 is 0.808 bits per heavy atom. The molecular formula is C22H18N2O2. The number of nitrogens with zero attached hydrogens (tertiary/aromatic N) is 2. The van der Waals surface area contributed by atoms with E-state index in [0.29, 0.717) is 11.3 Å². The summed E-state index contributed by atoms with van der Waals surface area (Å²) in [4.78, 5) is 12.1. The molecule has 4 nitrogen and oxygen atoms in total. The lowest BCUT2D eigenvalue weighted by Gasteiger charge is -2.11. The third-order valence-corrected chi connectivity index (χ3v) is 5.50. The largest absolute Gasteiger partial charge is 0.495 e. The van der Waals surface area contributed by atoms with Gasteiger partial charge in [-0.05, 0) is 12.1 Å². The van der Waals surface area contributed by atoms with Gasteiger partial charge in [-0.3, -0.25) is 4.79 Å². The normalized spacial score (nSPS) is 11.8. The molecule has 0 saturated carbocycles. The zero-order valence-electron chi connectivity index (χ0n) is 14.9. The Hall–Kier alpha value is -3.27. The second-order valence-corrected chi connectivity index (χ2v) is 6.66. The quantitative estimate of drug-likeness (QED) is 0.432. The van der Waals surface area contributed by atoms with E-state index in [4.69, 9.17) is 4.74 Å². The smallest absolute Gasteiger partial charge is 0.154 e. The Balaban J connectivity index is 2.26. The second-order valence-electron chi connectivity index (χ2n) is 6.66. The summed E-state index contributed by atoms with van der Waals surface area (Å²) in [5.74, 6) is 0.649. The van der Waals surface area contributed by atoms with Gasteiger partial charge in [0.1, 0.15) is 5.75 Å². The first-order chi connectivity index (χ1) is 12.7. The molecule has 26 heavy (non-hydrogen) atoms. The molecule has 0 unspecified atom stereocenters. The monoisotopic (exact) mass is 342 g/mol. The number of carbonyl (C=O) groups excluding carboxylic acids is 1. The van der Waals surface area contributed by atoms with Gasteiger partial charge >= 0.3 is 0 Å². The number of aryl methyl sites for hydroxylation is 2. The van der Waals surface area contributed by atoms with E-state index in [2.05, 4.69) is 47.5 Å². The summed E-state index contributed by atoms with van der Waals surface area (Å²) in [5.41, 5.74) is 4.98. The first-order valence-electron chi connectivity index (χ1n) is 8.58. The van der Waals surface area contributed by atoms with E-state index >= 15 is 0 Å². The number of carbonyl (C=O) groups is 1. The zero-order chi connectivity index (χ0) is 18.0. The van der Waals surface area contributed by atoms with Gasteiger partial charge in [0, 0.05) is 41.3 Å². The zero-order valence-corrected chi connectivity index (χ0v) is 14.9. The molecule has 2 heterocycles. The lowest BCUT2D eigenvalue weighted by atomic mass is 10.0. The van der Waals surface area contributed by atoms with Crippen LogP contribution < -0.4 is 4.74 Å². The van der Waals surface area contributed by atoms with Crippen molar-refractivity contribution >= 4 is 49.9 Å². The van der Waals surface area contributed by atoms with Crippen molar-refractivity contribution in [3.05, 3.63) is 54.1 Å². The van der Waals surface area contributed by atoms with Crippen molar-refractivity contribution in [1.82, 2.24) is 9.13 Å². The predicted molar refractivity (Wildman–Crippen MR) is 106 cm³/mol. The second kappa shape index (κ2) is 5.11. The molecule has 0 saturated heterocycles. The van der Waals surface area contributed by atoms with Crippen LogP contribution in [0.5, 0.6) is 5.75 Å². The third kappa shape index (κ3) is 1.61. The van der Waals surface area contributed by atoms with Crippen LogP contribution in [0.25, 0.3) is 43.6 Å². The molecule has 0 atom stereocenters. The fourth-order valence-corrected chi connectivity index (χ4v) is 4.42. The van der Waals surface area contributed by atoms with Crippen LogP contribution in [0.15, 0.2) is 48.5 Å². The number of benzene rings is 3. The molecule has 0 fully saturated rings. The van der Waals surface area contributed by atoms with Crippen molar-refractivity contribution in [3.8, 4) is 5.75 Å². The number of aromatic nitrogens is 2. The molecule has 2 aromatic heterocycles. The van der Waals surface area contributed by atoms with Crippen molar-refractivity contribution in [2.75, 3.05) is 7.11 Å². The van der Waals surface area contributed by atoms with Crippen LogP contribution in [0.4, 0.5) is 0 Å². The van der Waals surface area contributed by atoms with E-state index < -0.39 is 0 Å². The summed E-state index contributed by atoms with van der Waals surface area (Å²) >= 11 is 0. The van der Waals surface area contributed by atoms with Gasteiger partial charge in [0.15, 0.2) is 6.29 Å². The van der Waals surface area contributed by atoms with Gasteiger partial charge < -0.3 is 13.9 Å². The maximum Gasteiger partial charge on any atom is 0.154 e. The average Bonchev–Trinajstić information content (AvgIpc) is 3.14. The van der Waals surface area contributed by atoms with E-state index in [0.717, 1.165) is 49.9 Å². The van der Waals surface area contributed by atoms with E-state index in [1.54, 1.807) is 7.11 Å². The van der Waals surface area contributed by atoms with E-state index in [1.807, 2.05) is 24.3 Å². The SMILES string of the molecule is COc1c(C=O)c2c3ccccc3n(C)c2c2c1c1ccccc1n2C. The lowest BCUT2D eigenvalue weighted by Crippen LogP contribution is -1.97. The number of methoxy groups -OCH3 is 1. The Labute approximate surface area is 150 Å². The van der Waals surface area contributed by atoms with E-state index in [9.17, 15) is 4.79 Å². The van der Waals surface area contributed by atoms with Crippen molar-refractivity contribution < 1.29 is 9.53 Å². The summed E-state index contributed by atoms with van der Waals surface area (Å²) in [6.45, 7) is 0. The molecule has 0 N–H and O–H groups in total. The van der Waals surface area contributed by atoms with Crippen LogP contribution in [0.1, 0.15) is 10.4 Å². The topological polar surface area (TPSA) is 36.2 Å². The number of fused-ring (bicyclic) bond motifs is 7. The number of aldehydes is 1. The van der Waals surface area contributed by atoms with Crippen LogP contribution >= 0.6 is 0 Å². The van der Waals surface area contributed by atoms with Crippen molar-refractivity contribution in [2.24, 2.45) is 14.1 Å². The highest BCUT2D eigenvalue weighted by atomic mass is 16.5. The fourth-order valence-electron chi connectivity index (χ4n) is 4.42. The van der Waals surface area contributed by atoms with Gasteiger partial charge in [-0.1, -0.05) is 36.4 Å². The highest BCUT2D eigenvalue weighted by molar-refractivity contribution is 6.29. The highest BCUT2D eigenvalue weighted by Gasteiger charge is 2.24. The molecule has 0 aliphatic rings. The van der Waals surface area contributed by atoms with Gasteiger partial charge in [0.05, 0.1) is 29.1 Å². The summed E-state index contributed by atoms with van der Waals surface area (Å²) in [6, 6.07) is 16.4. The number of para-hydroxylation sites is 2. The van der Waals surface area contributed by atoms with Gasteiger partial charge in [-0.25, -0.2) is 0 Å². The molecule has 0 spiro atoms. The summed E-state index contributed by atoms with van der Waals surface area (Å²) in [7, 11) is 5.77. The third-order valence-electron chi connectivity index (χ3n) is 5.50. The van der Waals surface area contributed by atoms with Crippen LogP contribution in [-0.4, -0.2) is 22.5 Å². The van der Waals surface area contributed by atoms with Crippen molar-refractivity contribution in [3.63, 3.8) is 0 Å². The van der Waals surface area contributed by atoms with E-state index in [-0.39, 0.29) is 0 Å². The predicted octanol–water partition coefficient (Wildman–Crippen LogP) is 4.80. The number of ether oxygens (including phenoxy) is 1. The molecule has 5 rings (SSSR count). The molecule has 3 aromatic carbocycles. The molecule has 0 aliphatic heterocycles. The van der Waals surface area contributed by atoms with Gasteiger partial charge in [-0.2, -0.15) is 0 Å². The number of hydrogen-bond acceptors (Lipinski definition) is 2. The fraction of sp³-hybridized carbons (Fsp3) is 0.136. The van der Waals surface area contributed by atoms with Gasteiger partial charge in [-0.15, -0.1) is 0 Å². The molecule has 0 radical (unpaired) electrons. The maximum absolute atomic E-state index is 12.1. The molecule has 0 bridgehead atoms. The summed E-state index contributed by atoms with van der Waals surface area (Å²) in [5, 5.41) is 4.11. The number of rotatable bonds is 2. The Kier molecular flexibility index (Phi) is 2.95. The summed E-state index contributed by atoms with van der Waals surface area (Å²) in [6.07, 6.45) is 0.925. The van der Waals surface area contributed by atoms with Gasteiger partial charge in [0.2, 0.25) is 0 Å². The first kappa shape index (κ1) is 15.0. The van der Waals surface area contributed by atoms with Crippen LogP contribution in [0, 0.1) is 0 Å². The number of hydrogen-bond donors (Lipinski definition) is 0. The lowest BCUT2D eigenvalue weighted by molar-refractivity contribution is 0.112. The molecule has 0 amide bonds. The Morgan fingerprint density at radius 2 is 1.31 bits per heavy atom. The average molecular weight is 342 g/mol. The Morgan fingerprint density at radius 3 is 1.85 bits per heavy atom. The standard InChI is InChI=1S/C22H18N2O2/c1-23-16-10-6-4-8-13(16)18-15(12-25)22(26-3)19-14-9-5-7-11-17(14)24(2)21(19)20(18)23/h4-12H,1-3H3. The van der Waals surface area contributed by atoms with Crippen LogP contribution in [-0.2, 0) is 14.1 Å². The van der Waals surface area contributed by atoms with Crippen LogP contribution in [0.2, 0.25) is 0 Å². The van der Waals surface area contributed by atoms with Gasteiger partial charge in [0.25, 0.3) is 0 Å². The molecule has 128 valence electrons. The minimum absolute atomic E-state index is 0.614. The Bertz CT molecular complexity index is 1360. The molecule has 5 aromatic rings. The highest BCUT2D eigenvalue weighted by Crippen LogP contribution is 2.45. The van der Waals surface area contributed by atoms with Crippen molar-refractivity contribution in [2.45, 2.75) is 0 Å². The maximum atomic E-state index is 12.1. The van der Waals surface area contributed by atoms with Crippen molar-refractivity contribution in [1.29, 1.82) is 0 Å². The molecular weight excluding hydrogens is 324 g/mol. The molecule has 0 aliphatic carbocycles. The van der Waals surface area contributed by atoms with Crippen LogP contribution in [0.3, 0.4) is 0 Å². The minimum Gasteiger partial charge on any atom is -0.495 e. The summed E-state index contributed by atoms with van der Waals surface area (Å²) < 4.78 is 10.2.